The number of aliphatic hydroxyl groups excluding tert-OH is 1. The van der Waals surface area contributed by atoms with Gasteiger partial charge in [-0.3, -0.25) is 14.6 Å². The standard InChI is InChI=1S/C17H24N4O4/c22-10-15-13(21-16(23)11-1-2-11)4-3-12(25-15)5-6-20-17(24)14-9-18-7-8-19-14/h7-9,11-13,15,22H,1-6,10H2,(H,20,24)(H,21,23)/t12-,13+,15+/m0/s1. The van der Waals surface area contributed by atoms with Gasteiger partial charge in [0, 0.05) is 24.9 Å². The van der Waals surface area contributed by atoms with Gasteiger partial charge in [-0.2, -0.15) is 0 Å². The van der Waals surface area contributed by atoms with Crippen LogP contribution in [0, 0.1) is 5.92 Å². The number of carbonyl (C=O) groups is 2. The van der Waals surface area contributed by atoms with Crippen LogP contribution in [0.2, 0.25) is 0 Å². The van der Waals surface area contributed by atoms with E-state index in [0.29, 0.717) is 13.0 Å². The molecule has 8 heteroatoms. The highest BCUT2D eigenvalue weighted by Crippen LogP contribution is 2.30. The minimum absolute atomic E-state index is 0.0478. The normalized spacial score (nSPS) is 26.0. The lowest BCUT2D eigenvalue weighted by Gasteiger charge is -2.36. The van der Waals surface area contributed by atoms with E-state index in [1.54, 1.807) is 0 Å². The van der Waals surface area contributed by atoms with E-state index < -0.39 is 6.10 Å². The number of aliphatic hydroxyl groups is 1. The molecule has 3 atom stereocenters. The Morgan fingerprint density at radius 2 is 2.08 bits per heavy atom. The topological polar surface area (TPSA) is 113 Å². The summed E-state index contributed by atoms with van der Waals surface area (Å²) in [6.07, 6.45) is 8.08. The van der Waals surface area contributed by atoms with Gasteiger partial charge in [0.2, 0.25) is 5.91 Å². The Bertz CT molecular complexity index is 594. The maximum Gasteiger partial charge on any atom is 0.271 e. The molecule has 1 aliphatic carbocycles. The van der Waals surface area contributed by atoms with Crippen molar-refractivity contribution in [1.29, 1.82) is 0 Å². The summed E-state index contributed by atoms with van der Waals surface area (Å²) in [5.74, 6) is -0.0488. The molecule has 136 valence electrons. The third kappa shape index (κ3) is 4.96. The maximum absolute atomic E-state index is 11.9. The van der Waals surface area contributed by atoms with Crippen molar-refractivity contribution in [1.82, 2.24) is 20.6 Å². The van der Waals surface area contributed by atoms with Gasteiger partial charge >= 0.3 is 0 Å². The van der Waals surface area contributed by atoms with Gasteiger partial charge < -0.3 is 20.5 Å². The van der Waals surface area contributed by atoms with E-state index in [9.17, 15) is 14.7 Å². The molecule has 2 aliphatic rings. The summed E-state index contributed by atoms with van der Waals surface area (Å²) in [6.45, 7) is 0.329. The predicted octanol–water partition coefficient (Wildman–Crippen LogP) is 0.0312. The van der Waals surface area contributed by atoms with Crippen molar-refractivity contribution >= 4 is 11.8 Å². The number of hydrogen-bond acceptors (Lipinski definition) is 6. The zero-order valence-electron chi connectivity index (χ0n) is 14.1. The van der Waals surface area contributed by atoms with Crippen LogP contribution in [-0.4, -0.2) is 58.3 Å². The number of ether oxygens (including phenoxy) is 1. The average molecular weight is 348 g/mol. The van der Waals surface area contributed by atoms with E-state index in [-0.39, 0.29) is 42.2 Å². The molecule has 3 N–H and O–H groups in total. The SMILES string of the molecule is O=C(NCC[C@@H]1CC[C@@H](NC(=O)C2CC2)[C@@H](CO)O1)c1cnccn1. The first kappa shape index (κ1) is 17.8. The Hall–Kier alpha value is -2.06. The number of hydrogen-bond donors (Lipinski definition) is 3. The van der Waals surface area contributed by atoms with Gasteiger partial charge in [0.25, 0.3) is 5.91 Å². The van der Waals surface area contributed by atoms with Gasteiger partial charge in [0.1, 0.15) is 11.8 Å². The zero-order chi connectivity index (χ0) is 17.6. The Balaban J connectivity index is 1.40. The number of rotatable bonds is 7. The Labute approximate surface area is 146 Å². The average Bonchev–Trinajstić information content (AvgIpc) is 3.48. The van der Waals surface area contributed by atoms with Crippen molar-refractivity contribution in [2.45, 2.75) is 50.4 Å². The van der Waals surface area contributed by atoms with Crippen molar-refractivity contribution in [3.8, 4) is 0 Å². The van der Waals surface area contributed by atoms with Crippen molar-refractivity contribution in [2.24, 2.45) is 5.92 Å². The monoisotopic (exact) mass is 348 g/mol. The van der Waals surface area contributed by atoms with Crippen molar-refractivity contribution < 1.29 is 19.4 Å². The van der Waals surface area contributed by atoms with Crippen molar-refractivity contribution in [2.75, 3.05) is 13.2 Å². The second-order valence-electron chi connectivity index (χ2n) is 6.58. The minimum Gasteiger partial charge on any atom is -0.394 e. The van der Waals surface area contributed by atoms with Crippen LogP contribution in [0.25, 0.3) is 0 Å². The molecule has 25 heavy (non-hydrogen) atoms. The first-order valence-corrected chi connectivity index (χ1v) is 8.78. The highest BCUT2D eigenvalue weighted by molar-refractivity contribution is 5.91. The fraction of sp³-hybridized carbons (Fsp3) is 0.647. The van der Waals surface area contributed by atoms with E-state index in [2.05, 4.69) is 20.6 Å². The molecular weight excluding hydrogens is 324 g/mol. The molecule has 1 aromatic heterocycles. The molecule has 0 radical (unpaired) electrons. The first-order chi connectivity index (χ1) is 12.2. The van der Waals surface area contributed by atoms with E-state index in [0.717, 1.165) is 25.7 Å². The minimum atomic E-state index is -0.392. The van der Waals surface area contributed by atoms with E-state index in [1.165, 1.54) is 18.6 Å². The molecule has 1 saturated heterocycles. The molecule has 2 amide bonds. The molecule has 2 heterocycles. The molecule has 3 rings (SSSR count). The first-order valence-electron chi connectivity index (χ1n) is 8.78. The number of nitrogens with one attached hydrogen (secondary N) is 2. The van der Waals surface area contributed by atoms with Crippen LogP contribution >= 0.6 is 0 Å². The summed E-state index contributed by atoms with van der Waals surface area (Å²) in [5, 5.41) is 15.3. The molecule has 0 spiro atoms. The number of nitrogens with zero attached hydrogens (tertiary/aromatic N) is 2. The molecule has 0 aromatic carbocycles. The lowest BCUT2D eigenvalue weighted by Crippen LogP contribution is -2.51. The second-order valence-corrected chi connectivity index (χ2v) is 6.58. The lowest BCUT2D eigenvalue weighted by atomic mass is 9.97. The highest BCUT2D eigenvalue weighted by atomic mass is 16.5. The van der Waals surface area contributed by atoms with Gasteiger partial charge in [-0.25, -0.2) is 4.98 Å². The van der Waals surface area contributed by atoms with E-state index in [4.69, 9.17) is 4.74 Å². The summed E-state index contributed by atoms with van der Waals surface area (Å²) in [4.78, 5) is 31.6. The molecule has 1 saturated carbocycles. The summed E-state index contributed by atoms with van der Waals surface area (Å²) in [5.41, 5.74) is 0.281. The molecule has 0 bridgehead atoms. The largest absolute Gasteiger partial charge is 0.394 e. The highest BCUT2D eigenvalue weighted by Gasteiger charge is 2.36. The smallest absolute Gasteiger partial charge is 0.271 e. The summed E-state index contributed by atoms with van der Waals surface area (Å²) >= 11 is 0. The van der Waals surface area contributed by atoms with Gasteiger partial charge in [0.15, 0.2) is 0 Å². The van der Waals surface area contributed by atoms with Gasteiger partial charge in [0.05, 0.1) is 24.9 Å². The van der Waals surface area contributed by atoms with Gasteiger partial charge in [-0.05, 0) is 32.1 Å². The van der Waals surface area contributed by atoms with Crippen LogP contribution in [0.3, 0.4) is 0 Å². The fourth-order valence-electron chi connectivity index (χ4n) is 3.01. The predicted molar refractivity (Wildman–Crippen MR) is 88.6 cm³/mol. The fourth-order valence-corrected chi connectivity index (χ4v) is 3.01. The molecule has 0 unspecified atom stereocenters. The second kappa shape index (κ2) is 8.35. The zero-order valence-corrected chi connectivity index (χ0v) is 14.1. The van der Waals surface area contributed by atoms with Crippen LogP contribution in [0.5, 0.6) is 0 Å². The lowest BCUT2D eigenvalue weighted by molar-refractivity contribution is -0.129. The van der Waals surface area contributed by atoms with E-state index in [1.807, 2.05) is 0 Å². The van der Waals surface area contributed by atoms with Crippen LogP contribution in [0.4, 0.5) is 0 Å². The van der Waals surface area contributed by atoms with Crippen LogP contribution < -0.4 is 10.6 Å². The quantitative estimate of drug-likeness (QED) is 0.641. The maximum atomic E-state index is 11.9. The Kier molecular flexibility index (Phi) is 5.93. The van der Waals surface area contributed by atoms with Crippen molar-refractivity contribution in [3.63, 3.8) is 0 Å². The summed E-state index contributed by atoms with van der Waals surface area (Å²) in [7, 11) is 0. The van der Waals surface area contributed by atoms with Crippen LogP contribution in [0.1, 0.15) is 42.6 Å². The summed E-state index contributed by atoms with van der Waals surface area (Å²) < 4.78 is 5.89. The van der Waals surface area contributed by atoms with Gasteiger partial charge in [-0.15, -0.1) is 0 Å². The van der Waals surface area contributed by atoms with Crippen molar-refractivity contribution in [3.05, 3.63) is 24.3 Å². The molecule has 1 aromatic rings. The molecule has 1 aliphatic heterocycles. The third-order valence-corrected chi connectivity index (χ3v) is 4.62. The Morgan fingerprint density at radius 1 is 1.24 bits per heavy atom. The van der Waals surface area contributed by atoms with E-state index >= 15 is 0 Å². The molecule has 2 fully saturated rings. The number of aromatic nitrogens is 2. The number of carbonyl (C=O) groups excluding carboxylic acids is 2. The van der Waals surface area contributed by atoms with Crippen LogP contribution in [-0.2, 0) is 9.53 Å². The number of amides is 2. The molecule has 8 nitrogen and oxygen atoms in total. The third-order valence-electron chi connectivity index (χ3n) is 4.62. The molecular formula is C17H24N4O4. The summed E-state index contributed by atoms with van der Waals surface area (Å²) in [6, 6.07) is -0.136. The van der Waals surface area contributed by atoms with Gasteiger partial charge in [-0.1, -0.05) is 0 Å². The van der Waals surface area contributed by atoms with Crippen LogP contribution in [0.15, 0.2) is 18.6 Å². The Morgan fingerprint density at radius 3 is 2.76 bits per heavy atom.